The van der Waals surface area contributed by atoms with Gasteiger partial charge in [-0.3, -0.25) is 0 Å². The highest BCUT2D eigenvalue weighted by Crippen LogP contribution is 2.40. The van der Waals surface area contributed by atoms with Crippen LogP contribution in [0.1, 0.15) is 94.1 Å². The van der Waals surface area contributed by atoms with Crippen LogP contribution in [0.4, 0.5) is 0 Å². The fourth-order valence-electron chi connectivity index (χ4n) is 5.50. The second kappa shape index (κ2) is 12.4. The van der Waals surface area contributed by atoms with E-state index in [1.165, 1.54) is 82.3 Å². The Morgan fingerprint density at radius 1 is 0.733 bits per heavy atom. The van der Waals surface area contributed by atoms with Crippen molar-refractivity contribution in [3.05, 3.63) is 59.7 Å². The third kappa shape index (κ3) is 7.18. The fourth-order valence-corrected chi connectivity index (χ4v) is 5.50. The van der Waals surface area contributed by atoms with Gasteiger partial charge in [-0.15, -0.1) is 0 Å². The maximum Gasteiger partial charge on any atom is 0.0991 e. The summed E-state index contributed by atoms with van der Waals surface area (Å²) in [4.78, 5) is 0. The highest BCUT2D eigenvalue weighted by atomic mass is 14.3. The van der Waals surface area contributed by atoms with Gasteiger partial charge in [0, 0.05) is 6.08 Å². The Kier molecular flexibility index (Phi) is 9.24. The van der Waals surface area contributed by atoms with Crippen LogP contribution in [0.15, 0.2) is 48.6 Å². The van der Waals surface area contributed by atoms with Crippen LogP contribution in [0.5, 0.6) is 0 Å². The summed E-state index contributed by atoms with van der Waals surface area (Å²) in [5.41, 5.74) is 2.20. The van der Waals surface area contributed by atoms with E-state index in [0.29, 0.717) is 5.92 Å². The van der Waals surface area contributed by atoms with Gasteiger partial charge >= 0.3 is 0 Å². The minimum Gasteiger partial charge on any atom is -0.193 e. The normalized spacial score (nSPS) is 27.1. The maximum absolute atomic E-state index is 8.97. The molecule has 0 atom stereocenters. The molecule has 2 nitrogen and oxygen atoms in total. The number of nitrogens with zero attached hydrogens (tertiary/aromatic N) is 2. The van der Waals surface area contributed by atoms with Crippen molar-refractivity contribution in [2.45, 2.75) is 83.0 Å². The molecule has 0 aliphatic heterocycles. The molecular weight excluding hydrogens is 364 g/mol. The van der Waals surface area contributed by atoms with Gasteiger partial charge in [-0.25, -0.2) is 0 Å². The lowest BCUT2D eigenvalue weighted by molar-refractivity contribution is 0.225. The van der Waals surface area contributed by atoms with Crippen molar-refractivity contribution in [1.29, 1.82) is 10.5 Å². The van der Waals surface area contributed by atoms with E-state index in [1.54, 1.807) is 0 Å². The van der Waals surface area contributed by atoms with Gasteiger partial charge in [0.2, 0.25) is 0 Å². The van der Waals surface area contributed by atoms with Gasteiger partial charge in [-0.1, -0.05) is 68.9 Å². The van der Waals surface area contributed by atoms with E-state index in [2.05, 4.69) is 24.3 Å². The monoisotopic (exact) mass is 400 g/mol. The number of benzene rings is 1. The standard InChI is InChI=1S/C28H36N2/c29-21-5-3-1-2-4-6-23-7-9-24(10-8-23)11-12-25-13-17-27(18-14-25)28-19-15-26(22-30)16-20-28/h1-3,5,15-16,19-20,23-25,27H,4,6-14,17-18H2/t23-,24-,25-,27-. The first-order valence-electron chi connectivity index (χ1n) is 12.0. The highest BCUT2D eigenvalue weighted by molar-refractivity contribution is 5.33. The van der Waals surface area contributed by atoms with Crippen molar-refractivity contribution in [3.63, 3.8) is 0 Å². The van der Waals surface area contributed by atoms with E-state index in [0.717, 1.165) is 29.7 Å². The molecule has 0 heterocycles. The van der Waals surface area contributed by atoms with Crippen LogP contribution >= 0.6 is 0 Å². The molecule has 2 aliphatic carbocycles. The van der Waals surface area contributed by atoms with Crippen molar-refractivity contribution < 1.29 is 0 Å². The highest BCUT2D eigenvalue weighted by Gasteiger charge is 2.25. The van der Waals surface area contributed by atoms with E-state index >= 15 is 0 Å². The van der Waals surface area contributed by atoms with Crippen molar-refractivity contribution in [2.75, 3.05) is 0 Å². The van der Waals surface area contributed by atoms with Gasteiger partial charge in [0.25, 0.3) is 0 Å². The molecule has 0 radical (unpaired) electrons. The third-order valence-electron chi connectivity index (χ3n) is 7.47. The van der Waals surface area contributed by atoms with Crippen LogP contribution < -0.4 is 0 Å². The minimum atomic E-state index is 0.703. The van der Waals surface area contributed by atoms with E-state index in [9.17, 15) is 0 Å². The number of allylic oxidation sites excluding steroid dienone is 4. The molecule has 30 heavy (non-hydrogen) atoms. The van der Waals surface area contributed by atoms with Crippen LogP contribution in [-0.2, 0) is 0 Å². The lowest BCUT2D eigenvalue weighted by Gasteiger charge is -2.32. The lowest BCUT2D eigenvalue weighted by Crippen LogP contribution is -2.17. The number of nitriles is 2. The smallest absolute Gasteiger partial charge is 0.0991 e. The average Bonchev–Trinajstić information content (AvgIpc) is 2.81. The molecule has 2 aliphatic rings. The fraction of sp³-hybridized carbons (Fsp3) is 0.571. The van der Waals surface area contributed by atoms with Crippen molar-refractivity contribution in [3.8, 4) is 12.1 Å². The summed E-state index contributed by atoms with van der Waals surface area (Å²) in [6, 6.07) is 12.5. The van der Waals surface area contributed by atoms with Gasteiger partial charge in [0.05, 0.1) is 17.7 Å². The van der Waals surface area contributed by atoms with Crippen LogP contribution in [0.3, 0.4) is 0 Å². The number of hydrogen-bond donors (Lipinski definition) is 0. The Bertz CT molecular complexity index is 758. The molecule has 1 aromatic rings. The molecule has 3 rings (SSSR count). The summed E-state index contributed by atoms with van der Waals surface area (Å²) < 4.78 is 0. The van der Waals surface area contributed by atoms with Crippen LogP contribution in [-0.4, -0.2) is 0 Å². The molecule has 0 aromatic heterocycles. The first kappa shape index (κ1) is 22.4. The first-order valence-corrected chi connectivity index (χ1v) is 12.0. The molecule has 2 heteroatoms. The largest absolute Gasteiger partial charge is 0.193 e. The summed E-state index contributed by atoms with van der Waals surface area (Å²) in [5, 5.41) is 17.4. The molecule has 158 valence electrons. The summed E-state index contributed by atoms with van der Waals surface area (Å²) in [6.45, 7) is 0. The Labute approximate surface area is 183 Å². The van der Waals surface area contributed by atoms with Gasteiger partial charge in [0.1, 0.15) is 0 Å². The first-order chi connectivity index (χ1) is 14.8. The molecule has 0 amide bonds. The molecule has 0 unspecified atom stereocenters. The Hall–Kier alpha value is -2.32. The van der Waals surface area contributed by atoms with E-state index in [1.807, 2.05) is 30.4 Å². The van der Waals surface area contributed by atoms with Gasteiger partial charge in [0.15, 0.2) is 0 Å². The molecule has 2 fully saturated rings. The summed E-state index contributed by atoms with van der Waals surface area (Å²) in [5.74, 6) is 3.51. The number of hydrogen-bond acceptors (Lipinski definition) is 2. The topological polar surface area (TPSA) is 47.6 Å². The summed E-state index contributed by atoms with van der Waals surface area (Å²) in [6.07, 6.45) is 24.0. The quantitative estimate of drug-likeness (QED) is 0.329. The zero-order chi connectivity index (χ0) is 21.0. The molecule has 2 saturated carbocycles. The van der Waals surface area contributed by atoms with Crippen molar-refractivity contribution >= 4 is 0 Å². The van der Waals surface area contributed by atoms with E-state index < -0.39 is 0 Å². The predicted octanol–water partition coefficient (Wildman–Crippen LogP) is 7.83. The number of rotatable bonds is 8. The average molecular weight is 401 g/mol. The van der Waals surface area contributed by atoms with Crippen LogP contribution in [0, 0.1) is 40.4 Å². The SMILES string of the molecule is N#CC=CC=CCC[C@H]1CC[C@H](CC[C@H]2CC[C@H](c3ccc(C#N)cc3)CC2)CC1. The van der Waals surface area contributed by atoms with Crippen molar-refractivity contribution in [1.82, 2.24) is 0 Å². The van der Waals surface area contributed by atoms with E-state index in [-0.39, 0.29) is 0 Å². The van der Waals surface area contributed by atoms with Crippen LogP contribution in [0.2, 0.25) is 0 Å². The Morgan fingerprint density at radius 3 is 1.87 bits per heavy atom. The maximum atomic E-state index is 8.97. The van der Waals surface area contributed by atoms with Crippen molar-refractivity contribution in [2.24, 2.45) is 17.8 Å². The Balaban J connectivity index is 1.28. The summed E-state index contributed by atoms with van der Waals surface area (Å²) >= 11 is 0. The zero-order valence-electron chi connectivity index (χ0n) is 18.3. The molecule has 0 saturated heterocycles. The zero-order valence-corrected chi connectivity index (χ0v) is 18.3. The predicted molar refractivity (Wildman–Crippen MR) is 124 cm³/mol. The molecule has 0 N–H and O–H groups in total. The van der Waals surface area contributed by atoms with Crippen LogP contribution in [0.25, 0.3) is 0 Å². The minimum absolute atomic E-state index is 0.703. The lowest BCUT2D eigenvalue weighted by atomic mass is 9.74. The summed E-state index contributed by atoms with van der Waals surface area (Å²) in [7, 11) is 0. The van der Waals surface area contributed by atoms with E-state index in [4.69, 9.17) is 10.5 Å². The molecule has 1 aromatic carbocycles. The molecule has 0 spiro atoms. The molecule has 0 bridgehead atoms. The van der Waals surface area contributed by atoms with Gasteiger partial charge in [-0.05, 0) is 79.9 Å². The molecular formula is C28H36N2. The van der Waals surface area contributed by atoms with Gasteiger partial charge in [-0.2, -0.15) is 10.5 Å². The second-order valence-electron chi connectivity index (χ2n) is 9.41. The van der Waals surface area contributed by atoms with Gasteiger partial charge < -0.3 is 0 Å². The third-order valence-corrected chi connectivity index (χ3v) is 7.47. The second-order valence-corrected chi connectivity index (χ2v) is 9.41. The Morgan fingerprint density at radius 2 is 1.30 bits per heavy atom.